The van der Waals surface area contributed by atoms with Gasteiger partial charge in [0.15, 0.2) is 0 Å². The van der Waals surface area contributed by atoms with Crippen LogP contribution >= 0.6 is 0 Å². The van der Waals surface area contributed by atoms with Crippen LogP contribution in [0.25, 0.3) is 0 Å². The van der Waals surface area contributed by atoms with E-state index in [1.54, 1.807) is 19.1 Å². The highest BCUT2D eigenvalue weighted by molar-refractivity contribution is 7.92. The Balaban J connectivity index is 2.07. The maximum atomic E-state index is 12.9. The zero-order valence-corrected chi connectivity index (χ0v) is 17.9. The number of halogens is 1. The summed E-state index contributed by atoms with van der Waals surface area (Å²) in [5, 5.41) is 2.72. The Kier molecular flexibility index (Phi) is 7.61. The molecule has 2 aromatic rings. The number of hydrogen-bond donors (Lipinski definition) is 1. The SMILES string of the molecule is CCC(C(=O)NCCOc1ccc(F)cc1)N(c1ccc(C)c(C)c1)S(C)(=O)=O. The van der Waals surface area contributed by atoms with E-state index in [2.05, 4.69) is 5.32 Å². The first-order valence-electron chi connectivity index (χ1n) is 9.36. The number of rotatable bonds is 9. The number of anilines is 1. The molecular weight excluding hydrogens is 395 g/mol. The fraction of sp³-hybridized carbons (Fsp3) is 0.381. The zero-order chi connectivity index (χ0) is 21.6. The first kappa shape index (κ1) is 22.7. The Labute approximate surface area is 171 Å². The molecule has 0 radical (unpaired) electrons. The van der Waals surface area contributed by atoms with Gasteiger partial charge in [-0.25, -0.2) is 12.8 Å². The molecule has 0 saturated carbocycles. The van der Waals surface area contributed by atoms with Gasteiger partial charge in [0.05, 0.1) is 18.5 Å². The largest absolute Gasteiger partial charge is 0.492 e. The second-order valence-electron chi connectivity index (χ2n) is 6.84. The van der Waals surface area contributed by atoms with E-state index in [4.69, 9.17) is 4.74 Å². The van der Waals surface area contributed by atoms with Crippen LogP contribution in [0.15, 0.2) is 42.5 Å². The van der Waals surface area contributed by atoms with Gasteiger partial charge in [-0.1, -0.05) is 13.0 Å². The predicted octanol–water partition coefficient (Wildman–Crippen LogP) is 3.18. The molecule has 158 valence electrons. The molecule has 0 saturated heterocycles. The summed E-state index contributed by atoms with van der Waals surface area (Å²) in [4.78, 5) is 12.7. The molecule has 1 amide bonds. The summed E-state index contributed by atoms with van der Waals surface area (Å²) < 4.78 is 44.4. The van der Waals surface area contributed by atoms with Crippen LogP contribution in [0.4, 0.5) is 10.1 Å². The van der Waals surface area contributed by atoms with E-state index in [0.717, 1.165) is 21.7 Å². The molecule has 0 aliphatic rings. The lowest BCUT2D eigenvalue weighted by Crippen LogP contribution is -2.50. The van der Waals surface area contributed by atoms with Gasteiger partial charge in [-0.15, -0.1) is 0 Å². The van der Waals surface area contributed by atoms with E-state index < -0.39 is 22.0 Å². The maximum Gasteiger partial charge on any atom is 0.244 e. The molecule has 2 rings (SSSR count). The molecule has 0 aliphatic carbocycles. The molecule has 29 heavy (non-hydrogen) atoms. The van der Waals surface area contributed by atoms with Gasteiger partial charge in [0.1, 0.15) is 24.2 Å². The summed E-state index contributed by atoms with van der Waals surface area (Å²) in [7, 11) is -3.68. The van der Waals surface area contributed by atoms with Crippen molar-refractivity contribution in [3.05, 3.63) is 59.4 Å². The van der Waals surface area contributed by atoms with Crippen molar-refractivity contribution in [3.8, 4) is 5.75 Å². The summed E-state index contributed by atoms with van der Waals surface area (Å²) in [6.07, 6.45) is 1.40. The average molecular weight is 423 g/mol. The molecule has 0 aromatic heterocycles. The lowest BCUT2D eigenvalue weighted by atomic mass is 10.1. The number of nitrogens with zero attached hydrogens (tertiary/aromatic N) is 1. The Hall–Kier alpha value is -2.61. The fourth-order valence-corrected chi connectivity index (χ4v) is 4.12. The summed E-state index contributed by atoms with van der Waals surface area (Å²) in [6.45, 7) is 5.97. The van der Waals surface area contributed by atoms with Crippen molar-refractivity contribution in [2.75, 3.05) is 23.7 Å². The predicted molar refractivity (Wildman–Crippen MR) is 112 cm³/mol. The van der Waals surface area contributed by atoms with Gasteiger partial charge < -0.3 is 10.1 Å². The van der Waals surface area contributed by atoms with Crippen molar-refractivity contribution in [2.24, 2.45) is 0 Å². The Morgan fingerprint density at radius 2 is 1.79 bits per heavy atom. The Morgan fingerprint density at radius 1 is 1.14 bits per heavy atom. The molecule has 1 atom stereocenters. The average Bonchev–Trinajstić information content (AvgIpc) is 2.66. The number of hydrogen-bond acceptors (Lipinski definition) is 4. The molecule has 6 nitrogen and oxygen atoms in total. The molecule has 0 heterocycles. The van der Waals surface area contributed by atoms with Gasteiger partial charge in [0, 0.05) is 0 Å². The lowest BCUT2D eigenvalue weighted by Gasteiger charge is -2.30. The van der Waals surface area contributed by atoms with Crippen molar-refractivity contribution in [3.63, 3.8) is 0 Å². The second-order valence-corrected chi connectivity index (χ2v) is 8.70. The lowest BCUT2D eigenvalue weighted by molar-refractivity contribution is -0.122. The number of sulfonamides is 1. The Bertz CT molecular complexity index is 946. The molecule has 8 heteroatoms. The summed E-state index contributed by atoms with van der Waals surface area (Å²) in [6, 6.07) is 10.0. The zero-order valence-electron chi connectivity index (χ0n) is 17.1. The van der Waals surface area contributed by atoms with Crippen molar-refractivity contribution in [1.29, 1.82) is 0 Å². The third kappa shape index (κ3) is 6.19. The number of benzene rings is 2. The van der Waals surface area contributed by atoms with Gasteiger partial charge >= 0.3 is 0 Å². The smallest absolute Gasteiger partial charge is 0.244 e. The Morgan fingerprint density at radius 3 is 2.34 bits per heavy atom. The minimum absolute atomic E-state index is 0.177. The van der Waals surface area contributed by atoms with Crippen LogP contribution in [0.1, 0.15) is 24.5 Å². The number of aryl methyl sites for hydroxylation is 2. The van der Waals surface area contributed by atoms with Crippen molar-refractivity contribution < 1.29 is 22.3 Å². The van der Waals surface area contributed by atoms with E-state index in [-0.39, 0.29) is 19.0 Å². The summed E-state index contributed by atoms with van der Waals surface area (Å²) >= 11 is 0. The van der Waals surface area contributed by atoms with Gasteiger partial charge in [0.25, 0.3) is 0 Å². The minimum atomic E-state index is -3.68. The second kappa shape index (κ2) is 9.73. The molecule has 2 aromatic carbocycles. The van der Waals surface area contributed by atoms with Gasteiger partial charge in [-0.2, -0.15) is 0 Å². The first-order chi connectivity index (χ1) is 13.6. The van der Waals surface area contributed by atoms with E-state index in [0.29, 0.717) is 17.9 Å². The summed E-state index contributed by atoms with van der Waals surface area (Å²) in [5.74, 6) is -0.275. The van der Waals surface area contributed by atoms with Gasteiger partial charge in [-0.05, 0) is 67.8 Å². The minimum Gasteiger partial charge on any atom is -0.492 e. The summed E-state index contributed by atoms with van der Waals surface area (Å²) in [5.41, 5.74) is 2.44. The van der Waals surface area contributed by atoms with E-state index in [1.165, 1.54) is 24.3 Å². The monoisotopic (exact) mass is 422 g/mol. The highest BCUT2D eigenvalue weighted by atomic mass is 32.2. The van der Waals surface area contributed by atoms with Crippen LogP contribution < -0.4 is 14.4 Å². The van der Waals surface area contributed by atoms with Crippen molar-refractivity contribution in [2.45, 2.75) is 33.2 Å². The van der Waals surface area contributed by atoms with Crippen LogP contribution in [0.3, 0.4) is 0 Å². The van der Waals surface area contributed by atoms with Gasteiger partial charge in [-0.3, -0.25) is 9.10 Å². The standard InChI is InChI=1S/C21H27FN2O4S/c1-5-20(21(25)23-12-13-28-19-10-7-17(22)8-11-19)24(29(4,26)27)18-9-6-15(2)16(3)14-18/h6-11,14,20H,5,12-13H2,1-4H3,(H,23,25). The van der Waals surface area contributed by atoms with Crippen LogP contribution in [0.5, 0.6) is 5.75 Å². The quantitative estimate of drug-likeness (QED) is 0.630. The highest BCUT2D eigenvalue weighted by Crippen LogP contribution is 2.25. The first-order valence-corrected chi connectivity index (χ1v) is 11.2. The number of ether oxygens (including phenoxy) is 1. The van der Waals surface area contributed by atoms with Crippen LogP contribution in [-0.4, -0.2) is 39.8 Å². The maximum absolute atomic E-state index is 12.9. The molecule has 0 aliphatic heterocycles. The number of nitrogens with one attached hydrogen (secondary N) is 1. The molecule has 1 N–H and O–H groups in total. The van der Waals surface area contributed by atoms with E-state index >= 15 is 0 Å². The highest BCUT2D eigenvalue weighted by Gasteiger charge is 2.31. The number of carbonyl (C=O) groups excluding carboxylic acids is 1. The van der Waals surface area contributed by atoms with Crippen molar-refractivity contribution >= 4 is 21.6 Å². The number of carbonyl (C=O) groups is 1. The molecule has 0 bridgehead atoms. The van der Waals surface area contributed by atoms with E-state index in [9.17, 15) is 17.6 Å². The molecule has 1 unspecified atom stereocenters. The fourth-order valence-electron chi connectivity index (χ4n) is 2.91. The molecule has 0 spiro atoms. The number of amides is 1. The third-order valence-electron chi connectivity index (χ3n) is 4.56. The van der Waals surface area contributed by atoms with Crippen LogP contribution in [0.2, 0.25) is 0 Å². The molecule has 0 fully saturated rings. The normalized spacial score (nSPS) is 12.3. The topological polar surface area (TPSA) is 75.7 Å². The van der Waals surface area contributed by atoms with Gasteiger partial charge in [0.2, 0.25) is 15.9 Å². The van der Waals surface area contributed by atoms with Crippen LogP contribution in [-0.2, 0) is 14.8 Å². The third-order valence-corrected chi connectivity index (χ3v) is 5.74. The van der Waals surface area contributed by atoms with Crippen molar-refractivity contribution in [1.82, 2.24) is 5.32 Å². The van der Waals surface area contributed by atoms with Crippen LogP contribution in [0, 0.1) is 19.7 Å². The molecular formula is C21H27FN2O4S. The van der Waals surface area contributed by atoms with E-state index in [1.807, 2.05) is 19.9 Å².